The van der Waals surface area contributed by atoms with Gasteiger partial charge in [-0.3, -0.25) is 9.69 Å². The normalized spacial score (nSPS) is 15.9. The number of morpholine rings is 1. The van der Waals surface area contributed by atoms with Crippen molar-refractivity contribution in [2.45, 2.75) is 13.0 Å². The second-order valence-electron chi connectivity index (χ2n) is 6.62. The van der Waals surface area contributed by atoms with Gasteiger partial charge in [0.15, 0.2) is 6.61 Å². The number of rotatable bonds is 7. The Morgan fingerprint density at radius 2 is 1.81 bits per heavy atom. The van der Waals surface area contributed by atoms with E-state index in [1.54, 1.807) is 0 Å². The summed E-state index contributed by atoms with van der Waals surface area (Å²) in [6.45, 7) is 5.60. The van der Waals surface area contributed by atoms with Crippen LogP contribution in [0.1, 0.15) is 17.2 Å². The number of halogens is 1. The fourth-order valence-electron chi connectivity index (χ4n) is 3.08. The van der Waals surface area contributed by atoms with Crippen LogP contribution in [-0.2, 0) is 9.53 Å². The zero-order valence-electron chi connectivity index (χ0n) is 15.5. The maximum atomic E-state index is 12.3. The average Bonchev–Trinajstić information content (AvgIpc) is 2.70. The Bertz CT molecular complexity index is 728. The number of aryl methyl sites for hydroxylation is 1. The van der Waals surface area contributed by atoms with Crippen LogP contribution in [0.3, 0.4) is 0 Å². The number of amides is 1. The van der Waals surface area contributed by atoms with Gasteiger partial charge in [0.25, 0.3) is 5.91 Å². The summed E-state index contributed by atoms with van der Waals surface area (Å²) in [5.41, 5.74) is 2.28. The lowest BCUT2D eigenvalue weighted by Crippen LogP contribution is -2.44. The van der Waals surface area contributed by atoms with E-state index < -0.39 is 0 Å². The monoisotopic (exact) mass is 388 g/mol. The fourth-order valence-corrected chi connectivity index (χ4v) is 3.20. The topological polar surface area (TPSA) is 50.8 Å². The van der Waals surface area contributed by atoms with Crippen LogP contribution in [0.15, 0.2) is 48.5 Å². The molecule has 0 radical (unpaired) electrons. The van der Waals surface area contributed by atoms with E-state index in [9.17, 15) is 4.79 Å². The lowest BCUT2D eigenvalue weighted by Gasteiger charge is -2.35. The number of hydrogen-bond donors (Lipinski definition) is 1. The van der Waals surface area contributed by atoms with Gasteiger partial charge in [-0.15, -0.1) is 0 Å². The predicted molar refractivity (Wildman–Crippen MR) is 106 cm³/mol. The summed E-state index contributed by atoms with van der Waals surface area (Å²) in [6, 6.07) is 15.5. The molecule has 1 amide bonds. The van der Waals surface area contributed by atoms with Crippen LogP contribution in [0, 0.1) is 6.92 Å². The lowest BCUT2D eigenvalue weighted by atomic mass is 10.0. The Labute approximate surface area is 165 Å². The summed E-state index contributed by atoms with van der Waals surface area (Å²) < 4.78 is 11.0. The molecule has 1 N–H and O–H groups in total. The number of benzene rings is 2. The standard InChI is InChI=1S/C21H25ClN2O3/c1-16-2-8-19(9-3-16)27-15-21(25)23-14-20(24-10-12-26-13-11-24)17-4-6-18(22)7-5-17/h2-9,20H,10-15H2,1H3,(H,23,25). The van der Waals surface area contributed by atoms with E-state index in [1.807, 2.05) is 55.5 Å². The smallest absolute Gasteiger partial charge is 0.258 e. The summed E-state index contributed by atoms with van der Waals surface area (Å²) in [5.74, 6) is 0.556. The zero-order valence-corrected chi connectivity index (χ0v) is 16.2. The number of hydrogen-bond acceptors (Lipinski definition) is 4. The average molecular weight is 389 g/mol. The molecular formula is C21H25ClN2O3. The Balaban J connectivity index is 1.57. The number of ether oxygens (including phenoxy) is 2. The quantitative estimate of drug-likeness (QED) is 0.791. The SMILES string of the molecule is Cc1ccc(OCC(=O)NCC(c2ccc(Cl)cc2)N2CCOCC2)cc1. The van der Waals surface area contributed by atoms with Crippen LogP contribution in [-0.4, -0.2) is 50.3 Å². The van der Waals surface area contributed by atoms with Crippen LogP contribution in [0.2, 0.25) is 5.02 Å². The van der Waals surface area contributed by atoms with Gasteiger partial charge in [0.05, 0.1) is 19.3 Å². The number of carbonyl (C=O) groups is 1. The van der Waals surface area contributed by atoms with Crippen LogP contribution in [0.4, 0.5) is 0 Å². The third kappa shape index (κ3) is 5.96. The van der Waals surface area contributed by atoms with Crippen LogP contribution >= 0.6 is 11.6 Å². The Kier molecular flexibility index (Phi) is 7.10. The van der Waals surface area contributed by atoms with E-state index >= 15 is 0 Å². The molecule has 1 aliphatic heterocycles. The summed E-state index contributed by atoms with van der Waals surface area (Å²) in [5, 5.41) is 3.70. The highest BCUT2D eigenvalue weighted by Crippen LogP contribution is 2.23. The molecule has 1 heterocycles. The van der Waals surface area contributed by atoms with Crippen LogP contribution in [0.25, 0.3) is 0 Å². The van der Waals surface area contributed by atoms with Crippen LogP contribution in [0.5, 0.6) is 5.75 Å². The molecule has 2 aromatic carbocycles. The second-order valence-corrected chi connectivity index (χ2v) is 7.06. The zero-order chi connectivity index (χ0) is 19.1. The van der Waals surface area contributed by atoms with Gasteiger partial charge in [0, 0.05) is 24.7 Å². The number of nitrogens with zero attached hydrogens (tertiary/aromatic N) is 1. The van der Waals surface area contributed by atoms with Gasteiger partial charge in [0.1, 0.15) is 5.75 Å². The third-order valence-corrected chi connectivity index (χ3v) is 4.88. The highest BCUT2D eigenvalue weighted by Gasteiger charge is 2.23. The molecule has 27 heavy (non-hydrogen) atoms. The maximum Gasteiger partial charge on any atom is 0.258 e. The summed E-state index contributed by atoms with van der Waals surface area (Å²) in [4.78, 5) is 14.6. The summed E-state index contributed by atoms with van der Waals surface area (Å²) >= 11 is 6.02. The van der Waals surface area contributed by atoms with E-state index in [4.69, 9.17) is 21.1 Å². The van der Waals surface area contributed by atoms with Crippen molar-refractivity contribution < 1.29 is 14.3 Å². The minimum atomic E-state index is -0.136. The largest absolute Gasteiger partial charge is 0.484 e. The molecule has 0 bridgehead atoms. The minimum Gasteiger partial charge on any atom is -0.484 e. The van der Waals surface area contributed by atoms with Gasteiger partial charge in [0.2, 0.25) is 0 Å². The number of carbonyl (C=O) groups excluding carboxylic acids is 1. The highest BCUT2D eigenvalue weighted by molar-refractivity contribution is 6.30. The van der Waals surface area contributed by atoms with Gasteiger partial charge < -0.3 is 14.8 Å². The van der Waals surface area contributed by atoms with Gasteiger partial charge in [-0.25, -0.2) is 0 Å². The van der Waals surface area contributed by atoms with Crippen molar-refractivity contribution >= 4 is 17.5 Å². The van der Waals surface area contributed by atoms with Crippen molar-refractivity contribution in [3.05, 3.63) is 64.7 Å². The first-order valence-electron chi connectivity index (χ1n) is 9.15. The highest BCUT2D eigenvalue weighted by atomic mass is 35.5. The predicted octanol–water partition coefficient (Wildman–Crippen LogP) is 3.22. The number of nitrogens with one attached hydrogen (secondary N) is 1. The maximum absolute atomic E-state index is 12.3. The van der Waals surface area contributed by atoms with Crippen molar-refractivity contribution in [3.8, 4) is 5.75 Å². The minimum absolute atomic E-state index is 0.000486. The van der Waals surface area contributed by atoms with Gasteiger partial charge in [-0.05, 0) is 36.8 Å². The second kappa shape index (κ2) is 9.74. The van der Waals surface area contributed by atoms with Gasteiger partial charge >= 0.3 is 0 Å². The molecule has 5 nitrogen and oxygen atoms in total. The lowest BCUT2D eigenvalue weighted by molar-refractivity contribution is -0.123. The first kappa shape index (κ1) is 19.7. The fraction of sp³-hybridized carbons (Fsp3) is 0.381. The van der Waals surface area contributed by atoms with E-state index in [0.717, 1.165) is 24.2 Å². The molecule has 0 aliphatic carbocycles. The van der Waals surface area contributed by atoms with E-state index in [1.165, 1.54) is 0 Å². The molecule has 2 aromatic rings. The van der Waals surface area contributed by atoms with E-state index in [2.05, 4.69) is 10.2 Å². The molecule has 0 aromatic heterocycles. The molecule has 1 fully saturated rings. The summed E-state index contributed by atoms with van der Waals surface area (Å²) in [7, 11) is 0. The van der Waals surface area contributed by atoms with E-state index in [0.29, 0.717) is 30.5 Å². The molecule has 1 unspecified atom stereocenters. The third-order valence-electron chi connectivity index (χ3n) is 4.62. The van der Waals surface area contributed by atoms with Crippen molar-refractivity contribution in [2.75, 3.05) is 39.5 Å². The van der Waals surface area contributed by atoms with Crippen molar-refractivity contribution in [3.63, 3.8) is 0 Å². The molecule has 3 rings (SSSR count). The van der Waals surface area contributed by atoms with Crippen molar-refractivity contribution in [1.29, 1.82) is 0 Å². The molecular weight excluding hydrogens is 364 g/mol. The van der Waals surface area contributed by atoms with Gasteiger partial charge in [-0.2, -0.15) is 0 Å². The molecule has 1 atom stereocenters. The Hall–Kier alpha value is -2.08. The molecule has 1 saturated heterocycles. The molecule has 0 spiro atoms. The Morgan fingerprint density at radius 3 is 2.48 bits per heavy atom. The van der Waals surface area contributed by atoms with E-state index in [-0.39, 0.29) is 18.6 Å². The molecule has 1 aliphatic rings. The molecule has 144 valence electrons. The molecule has 0 saturated carbocycles. The first-order valence-corrected chi connectivity index (χ1v) is 9.53. The molecule has 6 heteroatoms. The van der Waals surface area contributed by atoms with Crippen molar-refractivity contribution in [2.24, 2.45) is 0 Å². The Morgan fingerprint density at radius 1 is 1.15 bits per heavy atom. The summed E-state index contributed by atoms with van der Waals surface area (Å²) in [6.07, 6.45) is 0. The van der Waals surface area contributed by atoms with Crippen molar-refractivity contribution in [1.82, 2.24) is 10.2 Å². The van der Waals surface area contributed by atoms with Crippen LogP contribution < -0.4 is 10.1 Å². The first-order chi connectivity index (χ1) is 13.1. The van der Waals surface area contributed by atoms with Gasteiger partial charge in [-0.1, -0.05) is 41.4 Å².